The molecule has 0 amide bonds. The van der Waals surface area contributed by atoms with Gasteiger partial charge in [0.15, 0.2) is 0 Å². The average Bonchev–Trinajstić information content (AvgIpc) is 1.82. The van der Waals surface area contributed by atoms with Crippen molar-refractivity contribution in [2.45, 2.75) is 38.5 Å². The molecule has 12 heavy (non-hydrogen) atoms. The fourth-order valence-electron chi connectivity index (χ4n) is 0.934. The van der Waals surface area contributed by atoms with E-state index < -0.39 is 18.3 Å². The summed E-state index contributed by atoms with van der Waals surface area (Å²) in [6.07, 6.45) is -4.09. The molecule has 0 saturated carbocycles. The highest BCUT2D eigenvalue weighted by Gasteiger charge is 2.40. The summed E-state index contributed by atoms with van der Waals surface area (Å²) >= 11 is 0. The second kappa shape index (κ2) is 4.09. The molecular weight excluding hydrogens is 169 g/mol. The summed E-state index contributed by atoms with van der Waals surface area (Å²) in [6.45, 7) is 3.62. The molecular formula is C7H15F3N2. The molecule has 0 aliphatic carbocycles. The molecule has 5 heteroatoms. The van der Waals surface area contributed by atoms with Crippen LogP contribution in [0.5, 0.6) is 0 Å². The molecule has 0 aromatic rings. The van der Waals surface area contributed by atoms with E-state index in [1.54, 1.807) is 0 Å². The lowest BCUT2D eigenvalue weighted by atomic mass is 9.98. The molecule has 2 nitrogen and oxygen atoms in total. The Hall–Kier alpha value is -0.290. The van der Waals surface area contributed by atoms with Gasteiger partial charge in [0, 0.05) is 6.04 Å². The number of hydrogen-bond donors (Lipinski definition) is 2. The Kier molecular flexibility index (Phi) is 3.99. The molecule has 0 saturated heterocycles. The minimum atomic E-state index is -4.38. The zero-order chi connectivity index (χ0) is 9.94. The third-order valence-corrected chi connectivity index (χ3v) is 1.58. The quantitative estimate of drug-likeness (QED) is 0.693. The Bertz CT molecular complexity index is 133. The molecule has 0 rings (SSSR count). The summed E-state index contributed by atoms with van der Waals surface area (Å²) in [5.74, 6) is 0.133. The molecule has 0 spiro atoms. The van der Waals surface area contributed by atoms with E-state index in [-0.39, 0.29) is 5.92 Å². The normalized spacial score (nSPS) is 18.0. The summed E-state index contributed by atoms with van der Waals surface area (Å²) < 4.78 is 35.8. The molecule has 0 aromatic carbocycles. The molecule has 0 radical (unpaired) electrons. The number of hydrogen-bond acceptors (Lipinski definition) is 2. The van der Waals surface area contributed by atoms with Gasteiger partial charge in [0.2, 0.25) is 0 Å². The zero-order valence-corrected chi connectivity index (χ0v) is 7.23. The van der Waals surface area contributed by atoms with Gasteiger partial charge in [-0.05, 0) is 12.3 Å². The minimum Gasteiger partial charge on any atom is -0.326 e. The number of rotatable bonds is 3. The lowest BCUT2D eigenvalue weighted by molar-refractivity contribution is -0.152. The average molecular weight is 184 g/mol. The van der Waals surface area contributed by atoms with Crippen LogP contribution in [0.3, 0.4) is 0 Å². The fourth-order valence-corrected chi connectivity index (χ4v) is 0.934. The predicted octanol–water partition coefficient (Wildman–Crippen LogP) is 1.25. The molecule has 0 heterocycles. The molecule has 0 aliphatic rings. The van der Waals surface area contributed by atoms with Gasteiger partial charge in [-0.2, -0.15) is 13.2 Å². The topological polar surface area (TPSA) is 52.0 Å². The van der Waals surface area contributed by atoms with Gasteiger partial charge in [0.25, 0.3) is 0 Å². The van der Waals surface area contributed by atoms with Crippen molar-refractivity contribution in [2.24, 2.45) is 17.4 Å². The van der Waals surface area contributed by atoms with Gasteiger partial charge in [-0.1, -0.05) is 13.8 Å². The summed E-state index contributed by atoms with van der Waals surface area (Å²) in [7, 11) is 0. The Balaban J connectivity index is 4.01. The number of nitrogens with two attached hydrogens (primary N) is 2. The monoisotopic (exact) mass is 184 g/mol. The molecule has 0 aliphatic heterocycles. The number of halogens is 3. The van der Waals surface area contributed by atoms with Crippen LogP contribution in [0, 0.1) is 5.92 Å². The predicted molar refractivity (Wildman–Crippen MR) is 41.5 cm³/mol. The van der Waals surface area contributed by atoms with Gasteiger partial charge in [-0.3, -0.25) is 0 Å². The van der Waals surface area contributed by atoms with Gasteiger partial charge in [-0.25, -0.2) is 0 Å². The lowest BCUT2D eigenvalue weighted by Gasteiger charge is -2.23. The van der Waals surface area contributed by atoms with Crippen molar-refractivity contribution in [1.29, 1.82) is 0 Å². The SMILES string of the molecule is CC(C)CC(N)C(N)C(F)(F)F. The molecule has 0 bridgehead atoms. The van der Waals surface area contributed by atoms with Crippen LogP contribution in [-0.2, 0) is 0 Å². The summed E-state index contributed by atoms with van der Waals surface area (Å²) in [4.78, 5) is 0. The third kappa shape index (κ3) is 3.92. The highest BCUT2D eigenvalue weighted by Crippen LogP contribution is 2.22. The highest BCUT2D eigenvalue weighted by molar-refractivity contribution is 4.82. The molecule has 2 unspecified atom stereocenters. The summed E-state index contributed by atoms with van der Waals surface area (Å²) in [5, 5.41) is 0. The second-order valence-corrected chi connectivity index (χ2v) is 3.36. The second-order valence-electron chi connectivity index (χ2n) is 3.36. The van der Waals surface area contributed by atoms with Crippen LogP contribution in [-0.4, -0.2) is 18.3 Å². The molecule has 2 atom stereocenters. The Morgan fingerprint density at radius 3 is 1.83 bits per heavy atom. The first kappa shape index (κ1) is 11.7. The zero-order valence-electron chi connectivity index (χ0n) is 7.23. The van der Waals surface area contributed by atoms with Gasteiger partial charge in [-0.15, -0.1) is 0 Å². The first-order valence-electron chi connectivity index (χ1n) is 3.83. The van der Waals surface area contributed by atoms with E-state index in [9.17, 15) is 13.2 Å². The number of alkyl halides is 3. The largest absolute Gasteiger partial charge is 0.405 e. The van der Waals surface area contributed by atoms with E-state index in [4.69, 9.17) is 11.5 Å². The van der Waals surface area contributed by atoms with Crippen molar-refractivity contribution in [3.63, 3.8) is 0 Å². The van der Waals surface area contributed by atoms with Crippen molar-refractivity contribution in [3.05, 3.63) is 0 Å². The van der Waals surface area contributed by atoms with Gasteiger partial charge in [0.05, 0.1) is 0 Å². The van der Waals surface area contributed by atoms with Crippen molar-refractivity contribution in [1.82, 2.24) is 0 Å². The van der Waals surface area contributed by atoms with Crippen molar-refractivity contribution in [3.8, 4) is 0 Å². The molecule has 74 valence electrons. The summed E-state index contributed by atoms with van der Waals surface area (Å²) in [5.41, 5.74) is 10.2. The minimum absolute atomic E-state index is 0.133. The van der Waals surface area contributed by atoms with Crippen LogP contribution < -0.4 is 11.5 Å². The fraction of sp³-hybridized carbons (Fsp3) is 1.00. The van der Waals surface area contributed by atoms with Crippen LogP contribution in [0.2, 0.25) is 0 Å². The van der Waals surface area contributed by atoms with E-state index in [1.165, 1.54) is 0 Å². The van der Waals surface area contributed by atoms with Gasteiger partial charge >= 0.3 is 6.18 Å². The Morgan fingerprint density at radius 1 is 1.17 bits per heavy atom. The van der Waals surface area contributed by atoms with Crippen LogP contribution in [0.15, 0.2) is 0 Å². The maximum absolute atomic E-state index is 11.9. The summed E-state index contributed by atoms with van der Waals surface area (Å²) in [6, 6.07) is -2.90. The first-order valence-corrected chi connectivity index (χ1v) is 3.83. The molecule has 0 aromatic heterocycles. The smallest absolute Gasteiger partial charge is 0.326 e. The van der Waals surface area contributed by atoms with Crippen molar-refractivity contribution in [2.75, 3.05) is 0 Å². The molecule has 0 fully saturated rings. The first-order chi connectivity index (χ1) is 5.25. The maximum atomic E-state index is 11.9. The van der Waals surface area contributed by atoms with Crippen molar-refractivity contribution < 1.29 is 13.2 Å². The maximum Gasteiger partial charge on any atom is 0.405 e. The van der Waals surface area contributed by atoms with E-state index in [0.29, 0.717) is 6.42 Å². The highest BCUT2D eigenvalue weighted by atomic mass is 19.4. The van der Waals surface area contributed by atoms with Crippen LogP contribution in [0.1, 0.15) is 20.3 Å². The van der Waals surface area contributed by atoms with Crippen LogP contribution in [0.4, 0.5) is 13.2 Å². The van der Waals surface area contributed by atoms with E-state index in [2.05, 4.69) is 0 Å². The van der Waals surface area contributed by atoms with E-state index in [0.717, 1.165) is 0 Å². The van der Waals surface area contributed by atoms with E-state index >= 15 is 0 Å². The van der Waals surface area contributed by atoms with Gasteiger partial charge < -0.3 is 11.5 Å². The van der Waals surface area contributed by atoms with Crippen LogP contribution >= 0.6 is 0 Å². The van der Waals surface area contributed by atoms with Crippen molar-refractivity contribution >= 4 is 0 Å². The third-order valence-electron chi connectivity index (χ3n) is 1.58. The Labute approximate surface area is 70.1 Å². The molecule has 4 N–H and O–H groups in total. The van der Waals surface area contributed by atoms with Gasteiger partial charge in [0.1, 0.15) is 6.04 Å². The standard InChI is InChI=1S/C7H15F3N2/c1-4(2)3-5(11)6(12)7(8,9)10/h4-6H,3,11-12H2,1-2H3. The van der Waals surface area contributed by atoms with Crippen LogP contribution in [0.25, 0.3) is 0 Å². The van der Waals surface area contributed by atoms with E-state index in [1.807, 2.05) is 13.8 Å². The Morgan fingerprint density at radius 2 is 1.58 bits per heavy atom. The lowest BCUT2D eigenvalue weighted by Crippen LogP contribution is -2.51.